The van der Waals surface area contributed by atoms with Crippen molar-refractivity contribution in [3.63, 3.8) is 0 Å². The van der Waals surface area contributed by atoms with E-state index in [1.54, 1.807) is 0 Å². The lowest BCUT2D eigenvalue weighted by Crippen LogP contribution is -2.42. The largest absolute Gasteiger partial charge is 0.379 e. The molecule has 5 heteroatoms. The highest BCUT2D eigenvalue weighted by Crippen LogP contribution is 2.41. The van der Waals surface area contributed by atoms with Crippen LogP contribution in [0.15, 0.2) is 4.99 Å². The molecule has 0 aromatic carbocycles. The van der Waals surface area contributed by atoms with Crippen molar-refractivity contribution in [3.8, 4) is 0 Å². The fourth-order valence-electron chi connectivity index (χ4n) is 3.75. The zero-order valence-corrected chi connectivity index (χ0v) is 12.7. The second kappa shape index (κ2) is 7.58. The Balaban J connectivity index is 1.87. The third-order valence-corrected chi connectivity index (χ3v) is 4.89. The van der Waals surface area contributed by atoms with Crippen LogP contribution in [0, 0.1) is 11.8 Å². The van der Waals surface area contributed by atoms with Crippen LogP contribution in [-0.4, -0.2) is 36.3 Å². The van der Waals surface area contributed by atoms with Crippen LogP contribution in [0.5, 0.6) is 0 Å². The Morgan fingerprint density at radius 3 is 2.20 bits per heavy atom. The molecule has 0 aromatic heterocycles. The molecule has 0 heterocycles. The van der Waals surface area contributed by atoms with E-state index in [0.717, 1.165) is 32.3 Å². The average molecular weight is 303 g/mol. The zero-order valence-electron chi connectivity index (χ0n) is 11.9. The first-order chi connectivity index (χ1) is 9.65. The van der Waals surface area contributed by atoms with E-state index >= 15 is 0 Å². The Bertz CT molecular complexity index is 342. The molecule has 2 fully saturated rings. The summed E-state index contributed by atoms with van der Waals surface area (Å²) in [4.78, 5) is 3.66. The van der Waals surface area contributed by atoms with E-state index in [1.807, 2.05) is 6.92 Å². The Morgan fingerprint density at radius 2 is 1.70 bits per heavy atom. The van der Waals surface area contributed by atoms with Crippen molar-refractivity contribution in [2.75, 3.05) is 6.61 Å². The summed E-state index contributed by atoms with van der Waals surface area (Å²) in [6.45, 7) is 2.75. The van der Waals surface area contributed by atoms with Gasteiger partial charge in [-0.25, -0.2) is 13.8 Å². The second-order valence-electron chi connectivity index (χ2n) is 5.97. The lowest BCUT2D eigenvalue weighted by atomic mass is 9.71. The summed E-state index contributed by atoms with van der Waals surface area (Å²) < 4.78 is 33.7. The topological polar surface area (TPSA) is 21.6 Å². The van der Waals surface area contributed by atoms with E-state index < -0.39 is 18.4 Å². The minimum atomic E-state index is -1.22. The van der Waals surface area contributed by atoms with Crippen LogP contribution in [-0.2, 0) is 4.74 Å². The van der Waals surface area contributed by atoms with E-state index in [4.69, 9.17) is 4.74 Å². The summed E-state index contributed by atoms with van der Waals surface area (Å²) in [6.07, 6.45) is 2.81. The van der Waals surface area contributed by atoms with Crippen molar-refractivity contribution < 1.29 is 13.5 Å². The van der Waals surface area contributed by atoms with Gasteiger partial charge in [0.25, 0.3) is 0 Å². The number of nitrogens with zero attached hydrogens (tertiary/aromatic N) is 1. The standard InChI is InChI=1S/C15H23F2NOS/c1-2-19-12-5-3-10(4-6-12)11-7-13(16)15(18-9-20)14(17)8-11/h10-15H,2-8H2,1H3. The predicted octanol–water partition coefficient (Wildman–Crippen LogP) is 4.14. The van der Waals surface area contributed by atoms with Crippen LogP contribution in [0.25, 0.3) is 0 Å². The van der Waals surface area contributed by atoms with Crippen LogP contribution in [0.4, 0.5) is 8.78 Å². The normalized spacial score (nSPS) is 42.0. The number of alkyl halides is 2. The molecule has 0 saturated heterocycles. The first-order valence-electron chi connectivity index (χ1n) is 7.62. The third-order valence-electron chi connectivity index (χ3n) is 4.79. The molecule has 2 aliphatic carbocycles. The summed E-state index contributed by atoms with van der Waals surface area (Å²) in [7, 11) is 0. The number of rotatable bonds is 4. The summed E-state index contributed by atoms with van der Waals surface area (Å²) in [6, 6.07) is -0.927. The Labute approximate surface area is 125 Å². The van der Waals surface area contributed by atoms with Crippen molar-refractivity contribution in [1.82, 2.24) is 0 Å². The predicted molar refractivity (Wildman–Crippen MR) is 78.7 cm³/mol. The Morgan fingerprint density at radius 1 is 1.10 bits per heavy atom. The van der Waals surface area contributed by atoms with Gasteiger partial charge < -0.3 is 4.74 Å². The summed E-state index contributed by atoms with van der Waals surface area (Å²) in [5.74, 6) is 0.569. The lowest BCUT2D eigenvalue weighted by molar-refractivity contribution is 0.00119. The number of halogens is 2. The van der Waals surface area contributed by atoms with Gasteiger partial charge in [-0.1, -0.05) is 0 Å². The van der Waals surface area contributed by atoms with Gasteiger partial charge in [-0.2, -0.15) is 0 Å². The van der Waals surface area contributed by atoms with Gasteiger partial charge in [0.15, 0.2) is 0 Å². The number of isothiocyanates is 1. The van der Waals surface area contributed by atoms with Crippen LogP contribution in [0.1, 0.15) is 45.4 Å². The molecule has 0 bridgehead atoms. The van der Waals surface area contributed by atoms with Crippen molar-refractivity contribution in [2.24, 2.45) is 16.8 Å². The van der Waals surface area contributed by atoms with E-state index in [1.165, 1.54) is 0 Å². The highest BCUT2D eigenvalue weighted by molar-refractivity contribution is 7.78. The number of aliphatic imine (C=N–C) groups is 1. The smallest absolute Gasteiger partial charge is 0.126 e. The molecule has 0 radical (unpaired) electrons. The minimum Gasteiger partial charge on any atom is -0.379 e. The molecule has 2 atom stereocenters. The summed E-state index contributed by atoms with van der Waals surface area (Å²) >= 11 is 4.47. The van der Waals surface area contributed by atoms with Gasteiger partial charge in [-0.3, -0.25) is 0 Å². The van der Waals surface area contributed by atoms with E-state index in [-0.39, 0.29) is 5.92 Å². The highest BCUT2D eigenvalue weighted by atomic mass is 32.1. The molecule has 0 spiro atoms. The quantitative estimate of drug-likeness (QED) is 0.575. The molecule has 0 N–H and O–H groups in total. The zero-order chi connectivity index (χ0) is 14.5. The molecule has 0 aliphatic heterocycles. The molecule has 114 valence electrons. The maximum atomic E-state index is 14.0. The first kappa shape index (κ1) is 16.0. The monoisotopic (exact) mass is 303 g/mol. The van der Waals surface area contributed by atoms with Gasteiger partial charge in [-0.05, 0) is 69.5 Å². The molecular formula is C15H23F2NOS. The van der Waals surface area contributed by atoms with Gasteiger partial charge in [0.2, 0.25) is 0 Å². The fourth-order valence-corrected chi connectivity index (χ4v) is 3.87. The van der Waals surface area contributed by atoms with Crippen LogP contribution < -0.4 is 0 Å². The van der Waals surface area contributed by atoms with Crippen LogP contribution in [0.3, 0.4) is 0 Å². The molecule has 2 aliphatic rings. The van der Waals surface area contributed by atoms with E-state index in [2.05, 4.69) is 22.4 Å². The van der Waals surface area contributed by atoms with Crippen molar-refractivity contribution in [1.29, 1.82) is 0 Å². The van der Waals surface area contributed by atoms with Gasteiger partial charge in [-0.15, -0.1) is 0 Å². The van der Waals surface area contributed by atoms with Crippen molar-refractivity contribution >= 4 is 17.4 Å². The van der Waals surface area contributed by atoms with Crippen LogP contribution >= 0.6 is 12.2 Å². The molecule has 20 heavy (non-hydrogen) atoms. The number of ether oxygens (including phenoxy) is 1. The van der Waals surface area contributed by atoms with Crippen molar-refractivity contribution in [3.05, 3.63) is 0 Å². The Kier molecular flexibility index (Phi) is 6.06. The molecule has 2 saturated carbocycles. The molecule has 2 rings (SSSR count). The SMILES string of the molecule is CCOC1CCC(C2CC(F)C(N=C=S)C(F)C2)CC1. The average Bonchev–Trinajstić information content (AvgIpc) is 2.44. The van der Waals surface area contributed by atoms with Gasteiger partial charge in [0.05, 0.1) is 11.3 Å². The maximum absolute atomic E-state index is 14.0. The number of hydrogen-bond acceptors (Lipinski definition) is 3. The fraction of sp³-hybridized carbons (Fsp3) is 0.933. The first-order valence-corrected chi connectivity index (χ1v) is 8.03. The van der Waals surface area contributed by atoms with Gasteiger partial charge in [0, 0.05) is 6.61 Å². The second-order valence-corrected chi connectivity index (χ2v) is 6.15. The van der Waals surface area contributed by atoms with Crippen LogP contribution in [0.2, 0.25) is 0 Å². The summed E-state index contributed by atoms with van der Waals surface area (Å²) in [5, 5.41) is 2.12. The number of hydrogen-bond donors (Lipinski definition) is 0. The maximum Gasteiger partial charge on any atom is 0.126 e. The lowest BCUT2D eigenvalue weighted by Gasteiger charge is -2.39. The molecule has 0 aromatic rings. The molecule has 2 unspecified atom stereocenters. The highest BCUT2D eigenvalue weighted by Gasteiger charge is 2.41. The molecular weight excluding hydrogens is 280 g/mol. The molecule has 0 amide bonds. The van der Waals surface area contributed by atoms with E-state index in [0.29, 0.717) is 24.9 Å². The minimum absolute atomic E-state index is 0.138. The van der Waals surface area contributed by atoms with Gasteiger partial charge >= 0.3 is 0 Å². The Hall–Kier alpha value is -0.380. The third kappa shape index (κ3) is 3.84. The van der Waals surface area contributed by atoms with Gasteiger partial charge in [0.1, 0.15) is 18.4 Å². The number of thiocarbonyl (C=S) groups is 1. The molecule has 2 nitrogen and oxygen atoms in total. The van der Waals surface area contributed by atoms with Crippen molar-refractivity contribution in [2.45, 2.75) is 69.9 Å². The van der Waals surface area contributed by atoms with E-state index in [9.17, 15) is 8.78 Å². The summed E-state index contributed by atoms with van der Waals surface area (Å²) in [5.41, 5.74) is 0.